The molecule has 27 heavy (non-hydrogen) atoms. The highest BCUT2D eigenvalue weighted by Gasteiger charge is 2.13. The number of para-hydroxylation sites is 1. The topological polar surface area (TPSA) is 45.2 Å². The maximum absolute atomic E-state index is 12.7. The second kappa shape index (κ2) is 8.49. The van der Waals surface area contributed by atoms with Crippen molar-refractivity contribution < 1.29 is 4.79 Å². The highest BCUT2D eigenvalue weighted by molar-refractivity contribution is 6.04. The van der Waals surface area contributed by atoms with Gasteiger partial charge in [-0.05, 0) is 49.6 Å². The lowest BCUT2D eigenvalue weighted by Crippen LogP contribution is -2.23. The predicted molar refractivity (Wildman–Crippen MR) is 111 cm³/mol. The van der Waals surface area contributed by atoms with Gasteiger partial charge in [0.1, 0.15) is 5.69 Å². The van der Waals surface area contributed by atoms with Gasteiger partial charge in [-0.1, -0.05) is 48.5 Å². The van der Waals surface area contributed by atoms with Crippen LogP contribution in [0.5, 0.6) is 0 Å². The van der Waals surface area contributed by atoms with E-state index in [1.807, 2.05) is 62.4 Å². The third-order valence-corrected chi connectivity index (χ3v) is 4.66. The molecule has 1 aromatic heterocycles. The number of nitrogens with one attached hydrogen (secondary N) is 1. The molecule has 3 aromatic rings. The number of pyridine rings is 1. The molecule has 0 saturated carbocycles. The van der Waals surface area contributed by atoms with E-state index < -0.39 is 0 Å². The van der Waals surface area contributed by atoms with Crippen LogP contribution in [0, 0.1) is 13.8 Å². The monoisotopic (exact) mass is 359 g/mol. The zero-order valence-corrected chi connectivity index (χ0v) is 16.1. The summed E-state index contributed by atoms with van der Waals surface area (Å²) in [5, 5.41) is 3.01. The number of benzene rings is 2. The van der Waals surface area contributed by atoms with Crippen LogP contribution >= 0.6 is 0 Å². The smallest absolute Gasteiger partial charge is 0.274 e. The van der Waals surface area contributed by atoms with Crippen LogP contribution in [-0.4, -0.2) is 17.4 Å². The number of aromatic nitrogens is 1. The zero-order valence-electron chi connectivity index (χ0n) is 16.1. The van der Waals surface area contributed by atoms with Crippen molar-refractivity contribution in [3.8, 4) is 0 Å². The first-order chi connectivity index (χ1) is 13.1. The molecule has 0 aliphatic rings. The van der Waals surface area contributed by atoms with Gasteiger partial charge in [0, 0.05) is 30.7 Å². The van der Waals surface area contributed by atoms with Crippen molar-refractivity contribution in [1.82, 2.24) is 4.98 Å². The zero-order chi connectivity index (χ0) is 19.2. The second-order valence-electron chi connectivity index (χ2n) is 6.62. The summed E-state index contributed by atoms with van der Waals surface area (Å²) in [7, 11) is 0. The van der Waals surface area contributed by atoms with Crippen LogP contribution in [0.2, 0.25) is 0 Å². The third-order valence-electron chi connectivity index (χ3n) is 4.66. The van der Waals surface area contributed by atoms with Gasteiger partial charge in [-0.2, -0.15) is 0 Å². The summed E-state index contributed by atoms with van der Waals surface area (Å²) in [5.74, 6) is -0.190. The lowest BCUT2D eigenvalue weighted by Gasteiger charge is -2.23. The van der Waals surface area contributed by atoms with E-state index in [0.29, 0.717) is 5.69 Å². The molecular formula is C23H25N3O. The van der Waals surface area contributed by atoms with E-state index in [9.17, 15) is 4.79 Å². The molecule has 0 spiro atoms. The Morgan fingerprint density at radius 2 is 1.70 bits per heavy atom. The molecule has 0 fully saturated rings. The number of carbonyl (C=O) groups excluding carboxylic acids is 1. The van der Waals surface area contributed by atoms with Crippen molar-refractivity contribution in [2.45, 2.75) is 27.3 Å². The lowest BCUT2D eigenvalue weighted by atomic mass is 10.1. The van der Waals surface area contributed by atoms with Crippen LogP contribution in [0.15, 0.2) is 66.9 Å². The van der Waals surface area contributed by atoms with Gasteiger partial charge in [-0.25, -0.2) is 0 Å². The second-order valence-corrected chi connectivity index (χ2v) is 6.62. The van der Waals surface area contributed by atoms with Crippen LogP contribution < -0.4 is 10.2 Å². The molecule has 1 heterocycles. The largest absolute Gasteiger partial charge is 0.367 e. The van der Waals surface area contributed by atoms with Gasteiger partial charge in [0.05, 0.1) is 0 Å². The molecule has 0 bridgehead atoms. The molecule has 4 nitrogen and oxygen atoms in total. The fourth-order valence-electron chi connectivity index (χ4n) is 3.12. The minimum absolute atomic E-state index is 0.190. The molecule has 0 atom stereocenters. The van der Waals surface area contributed by atoms with Crippen LogP contribution in [-0.2, 0) is 6.54 Å². The Morgan fingerprint density at radius 3 is 2.37 bits per heavy atom. The highest BCUT2D eigenvalue weighted by Crippen LogP contribution is 2.22. The molecule has 0 saturated heterocycles. The number of carbonyl (C=O) groups is 1. The first kappa shape index (κ1) is 18.6. The van der Waals surface area contributed by atoms with Gasteiger partial charge < -0.3 is 10.2 Å². The average Bonchev–Trinajstić information content (AvgIpc) is 2.70. The first-order valence-electron chi connectivity index (χ1n) is 9.21. The van der Waals surface area contributed by atoms with E-state index in [1.54, 1.807) is 6.20 Å². The Morgan fingerprint density at radius 1 is 1.00 bits per heavy atom. The number of nitrogens with zero attached hydrogens (tertiary/aromatic N) is 2. The van der Waals surface area contributed by atoms with Gasteiger partial charge in [0.15, 0.2) is 0 Å². The highest BCUT2D eigenvalue weighted by atomic mass is 16.1. The predicted octanol–water partition coefficient (Wildman–Crippen LogP) is 4.98. The quantitative estimate of drug-likeness (QED) is 0.675. The Kier molecular flexibility index (Phi) is 5.87. The molecule has 0 aliphatic heterocycles. The lowest BCUT2D eigenvalue weighted by molar-refractivity contribution is 0.102. The van der Waals surface area contributed by atoms with E-state index in [0.717, 1.165) is 35.6 Å². The van der Waals surface area contributed by atoms with Gasteiger partial charge >= 0.3 is 0 Å². The number of amides is 1. The number of hydrogen-bond donors (Lipinski definition) is 1. The summed E-state index contributed by atoms with van der Waals surface area (Å²) in [5.41, 5.74) is 5.58. The van der Waals surface area contributed by atoms with Crippen LogP contribution in [0.3, 0.4) is 0 Å². The number of rotatable bonds is 6. The summed E-state index contributed by atoms with van der Waals surface area (Å²) >= 11 is 0. The molecule has 138 valence electrons. The van der Waals surface area contributed by atoms with Crippen molar-refractivity contribution in [2.75, 3.05) is 16.8 Å². The SMILES string of the molecule is CCN(Cc1ccccc1)c1ccnc(C(=O)Nc2c(C)cccc2C)c1. The minimum atomic E-state index is -0.190. The number of hydrogen-bond acceptors (Lipinski definition) is 3. The minimum Gasteiger partial charge on any atom is -0.367 e. The Labute approximate surface area is 160 Å². The summed E-state index contributed by atoms with van der Waals surface area (Å²) < 4.78 is 0. The summed E-state index contributed by atoms with van der Waals surface area (Å²) in [6, 6.07) is 20.1. The summed E-state index contributed by atoms with van der Waals surface area (Å²) in [4.78, 5) is 19.3. The fourth-order valence-corrected chi connectivity index (χ4v) is 3.12. The van der Waals surface area contributed by atoms with Gasteiger partial charge in [0.2, 0.25) is 0 Å². The maximum atomic E-state index is 12.7. The Bertz CT molecular complexity index is 902. The molecule has 4 heteroatoms. The van der Waals surface area contributed by atoms with E-state index in [-0.39, 0.29) is 5.91 Å². The number of aryl methyl sites for hydroxylation is 2. The van der Waals surface area contributed by atoms with Crippen molar-refractivity contribution in [3.63, 3.8) is 0 Å². The van der Waals surface area contributed by atoms with E-state index in [4.69, 9.17) is 0 Å². The maximum Gasteiger partial charge on any atom is 0.274 e. The molecule has 3 rings (SSSR count). The summed E-state index contributed by atoms with van der Waals surface area (Å²) in [6.45, 7) is 7.73. The van der Waals surface area contributed by atoms with Crippen LogP contribution in [0.1, 0.15) is 34.1 Å². The normalized spacial score (nSPS) is 10.5. The van der Waals surface area contributed by atoms with E-state index in [2.05, 4.69) is 34.3 Å². The molecule has 0 radical (unpaired) electrons. The Hall–Kier alpha value is -3.14. The molecular weight excluding hydrogens is 334 g/mol. The summed E-state index contributed by atoms with van der Waals surface area (Å²) in [6.07, 6.45) is 1.70. The van der Waals surface area contributed by atoms with E-state index in [1.165, 1.54) is 5.56 Å². The van der Waals surface area contributed by atoms with Crippen LogP contribution in [0.25, 0.3) is 0 Å². The van der Waals surface area contributed by atoms with Gasteiger partial charge in [-0.15, -0.1) is 0 Å². The van der Waals surface area contributed by atoms with Gasteiger partial charge in [-0.3, -0.25) is 9.78 Å². The van der Waals surface area contributed by atoms with Crippen molar-refractivity contribution in [1.29, 1.82) is 0 Å². The fraction of sp³-hybridized carbons (Fsp3) is 0.217. The molecule has 1 N–H and O–H groups in total. The van der Waals surface area contributed by atoms with E-state index >= 15 is 0 Å². The van der Waals surface area contributed by atoms with Crippen molar-refractivity contribution >= 4 is 17.3 Å². The van der Waals surface area contributed by atoms with Crippen molar-refractivity contribution in [3.05, 3.63) is 89.2 Å². The Balaban J connectivity index is 1.80. The van der Waals surface area contributed by atoms with Crippen LogP contribution in [0.4, 0.5) is 11.4 Å². The third kappa shape index (κ3) is 4.53. The van der Waals surface area contributed by atoms with Gasteiger partial charge in [0.25, 0.3) is 5.91 Å². The molecule has 1 amide bonds. The molecule has 0 unspecified atom stereocenters. The number of anilines is 2. The standard InChI is InChI=1S/C23H25N3O/c1-4-26(16-19-11-6-5-7-12-19)20-13-14-24-21(15-20)23(27)25-22-17(2)9-8-10-18(22)3/h5-15H,4,16H2,1-3H3,(H,25,27). The molecule has 0 aliphatic carbocycles. The first-order valence-corrected chi connectivity index (χ1v) is 9.21. The average molecular weight is 359 g/mol. The van der Waals surface area contributed by atoms with Crippen molar-refractivity contribution in [2.24, 2.45) is 0 Å². The molecule has 2 aromatic carbocycles.